The van der Waals surface area contributed by atoms with Gasteiger partial charge in [-0.1, -0.05) is 13.3 Å². The third kappa shape index (κ3) is 13.0. The maximum atomic E-state index is 11.4. The zero-order valence-corrected chi connectivity index (χ0v) is 12.8. The number of carbonyl (C=O) groups excluding carboxylic acids is 1. The molecule has 112 valence electrons. The zero-order valence-electron chi connectivity index (χ0n) is 12.8. The van der Waals surface area contributed by atoms with Crippen molar-refractivity contribution in [3.63, 3.8) is 0 Å². The number of ether oxygens (including phenoxy) is 1. The lowest BCUT2D eigenvalue weighted by Gasteiger charge is -2.19. The first-order valence-corrected chi connectivity index (χ1v) is 7.11. The van der Waals surface area contributed by atoms with E-state index >= 15 is 0 Å². The molecule has 0 fully saturated rings. The fourth-order valence-corrected chi connectivity index (χ4v) is 1.47. The summed E-state index contributed by atoms with van der Waals surface area (Å²) >= 11 is 0. The van der Waals surface area contributed by atoms with Crippen LogP contribution < -0.4 is 11.1 Å². The van der Waals surface area contributed by atoms with Crippen LogP contribution in [0.15, 0.2) is 4.99 Å². The number of unbranched alkanes of at least 4 members (excludes halogenated alkanes) is 2. The van der Waals surface area contributed by atoms with Crippen LogP contribution in [0.25, 0.3) is 0 Å². The summed E-state index contributed by atoms with van der Waals surface area (Å²) in [6.07, 6.45) is 4.29. The molecule has 0 bridgehead atoms. The second-order valence-electron chi connectivity index (χ2n) is 5.59. The first-order valence-electron chi connectivity index (χ1n) is 7.11. The Kier molecular flexibility index (Phi) is 9.00. The number of nitrogens with two attached hydrogens (primary N) is 1. The zero-order chi connectivity index (χ0) is 14.7. The number of guanidine groups is 1. The summed E-state index contributed by atoms with van der Waals surface area (Å²) in [5, 5.41) is 3.06. The molecule has 0 saturated carbocycles. The molecule has 0 aliphatic rings. The molecule has 0 aromatic heterocycles. The van der Waals surface area contributed by atoms with Gasteiger partial charge in [-0.05, 0) is 40.0 Å². The van der Waals surface area contributed by atoms with Crippen molar-refractivity contribution in [2.75, 3.05) is 13.1 Å². The van der Waals surface area contributed by atoms with Gasteiger partial charge in [0.1, 0.15) is 5.60 Å². The number of hydrogen-bond acceptors (Lipinski definition) is 3. The van der Waals surface area contributed by atoms with E-state index in [1.165, 1.54) is 0 Å². The molecule has 5 heteroatoms. The molecule has 19 heavy (non-hydrogen) atoms. The second-order valence-corrected chi connectivity index (χ2v) is 5.59. The molecular weight excluding hydrogens is 242 g/mol. The average Bonchev–Trinajstić information content (AvgIpc) is 2.28. The van der Waals surface area contributed by atoms with Gasteiger partial charge in [-0.25, -0.2) is 0 Å². The van der Waals surface area contributed by atoms with Crippen LogP contribution in [0, 0.1) is 0 Å². The van der Waals surface area contributed by atoms with Crippen molar-refractivity contribution in [3.05, 3.63) is 0 Å². The Bertz CT molecular complexity index is 283. The summed E-state index contributed by atoms with van der Waals surface area (Å²) in [6.45, 7) is 9.27. The standard InChI is InChI=1S/C14H29N3O2/c1-5-10-16-13(15)17-11-8-6-7-9-12(18)19-14(2,3)4/h5-11H2,1-4H3,(H3,15,16,17). The monoisotopic (exact) mass is 271 g/mol. The van der Waals surface area contributed by atoms with E-state index in [0.29, 0.717) is 12.4 Å². The van der Waals surface area contributed by atoms with Crippen molar-refractivity contribution < 1.29 is 9.53 Å². The van der Waals surface area contributed by atoms with Crippen LogP contribution in [0.4, 0.5) is 0 Å². The molecule has 0 heterocycles. The van der Waals surface area contributed by atoms with E-state index < -0.39 is 0 Å². The number of hydrogen-bond donors (Lipinski definition) is 2. The largest absolute Gasteiger partial charge is 0.460 e. The van der Waals surface area contributed by atoms with Gasteiger partial charge in [0.15, 0.2) is 5.96 Å². The molecule has 0 spiro atoms. The number of esters is 1. The van der Waals surface area contributed by atoms with Crippen molar-refractivity contribution in [2.45, 2.75) is 65.4 Å². The van der Waals surface area contributed by atoms with Gasteiger partial charge >= 0.3 is 5.97 Å². The van der Waals surface area contributed by atoms with E-state index in [1.54, 1.807) is 0 Å². The van der Waals surface area contributed by atoms with Crippen LogP contribution in [0.1, 0.15) is 59.8 Å². The van der Waals surface area contributed by atoms with E-state index in [4.69, 9.17) is 10.5 Å². The Hall–Kier alpha value is -1.26. The first-order chi connectivity index (χ1) is 8.85. The molecule has 0 aromatic carbocycles. The Labute approximate surface area is 117 Å². The SMILES string of the molecule is CCCN=C(N)NCCCCCC(=O)OC(C)(C)C. The fourth-order valence-electron chi connectivity index (χ4n) is 1.47. The van der Waals surface area contributed by atoms with Gasteiger partial charge in [-0.2, -0.15) is 0 Å². The van der Waals surface area contributed by atoms with Crippen molar-refractivity contribution in [1.29, 1.82) is 0 Å². The minimum Gasteiger partial charge on any atom is -0.460 e. The van der Waals surface area contributed by atoms with Gasteiger partial charge < -0.3 is 15.8 Å². The summed E-state index contributed by atoms with van der Waals surface area (Å²) in [7, 11) is 0. The summed E-state index contributed by atoms with van der Waals surface area (Å²) in [5.41, 5.74) is 5.27. The molecule has 0 aliphatic carbocycles. The molecule has 0 amide bonds. The summed E-state index contributed by atoms with van der Waals surface area (Å²) < 4.78 is 5.23. The lowest BCUT2D eigenvalue weighted by molar-refractivity contribution is -0.154. The predicted octanol–water partition coefficient (Wildman–Crippen LogP) is 2.20. The molecule has 0 unspecified atom stereocenters. The molecule has 0 radical (unpaired) electrons. The average molecular weight is 271 g/mol. The molecule has 0 rings (SSSR count). The van der Waals surface area contributed by atoms with Crippen molar-refractivity contribution in [3.8, 4) is 0 Å². The summed E-state index contributed by atoms with van der Waals surface area (Å²) in [6, 6.07) is 0. The summed E-state index contributed by atoms with van der Waals surface area (Å²) in [5.74, 6) is 0.387. The van der Waals surface area contributed by atoms with Gasteiger partial charge in [-0.3, -0.25) is 9.79 Å². The third-order valence-electron chi connectivity index (χ3n) is 2.29. The Morgan fingerprint density at radius 3 is 2.53 bits per heavy atom. The Morgan fingerprint density at radius 2 is 1.95 bits per heavy atom. The predicted molar refractivity (Wildman–Crippen MR) is 79.1 cm³/mol. The van der Waals surface area contributed by atoms with Gasteiger partial charge in [-0.15, -0.1) is 0 Å². The van der Waals surface area contributed by atoms with E-state index in [-0.39, 0.29) is 11.6 Å². The van der Waals surface area contributed by atoms with Crippen molar-refractivity contribution in [2.24, 2.45) is 10.7 Å². The van der Waals surface area contributed by atoms with Crippen LogP contribution in [-0.4, -0.2) is 30.6 Å². The lowest BCUT2D eigenvalue weighted by atomic mass is 10.1. The van der Waals surface area contributed by atoms with E-state index in [9.17, 15) is 4.79 Å². The first kappa shape index (κ1) is 17.7. The van der Waals surface area contributed by atoms with Gasteiger partial charge in [0.25, 0.3) is 0 Å². The highest BCUT2D eigenvalue weighted by Crippen LogP contribution is 2.10. The van der Waals surface area contributed by atoms with Gasteiger partial charge in [0, 0.05) is 19.5 Å². The van der Waals surface area contributed by atoms with E-state index in [0.717, 1.165) is 38.8 Å². The number of carbonyl (C=O) groups is 1. The molecule has 0 aromatic rings. The van der Waals surface area contributed by atoms with Crippen LogP contribution in [0.3, 0.4) is 0 Å². The molecule has 3 N–H and O–H groups in total. The highest BCUT2D eigenvalue weighted by Gasteiger charge is 2.15. The maximum Gasteiger partial charge on any atom is 0.306 e. The fraction of sp³-hybridized carbons (Fsp3) is 0.857. The highest BCUT2D eigenvalue weighted by atomic mass is 16.6. The molecular formula is C14H29N3O2. The Balaban J connectivity index is 3.48. The third-order valence-corrected chi connectivity index (χ3v) is 2.29. The number of rotatable bonds is 8. The van der Waals surface area contributed by atoms with E-state index in [2.05, 4.69) is 17.2 Å². The van der Waals surface area contributed by atoms with Crippen LogP contribution in [0.5, 0.6) is 0 Å². The molecule has 0 aliphatic heterocycles. The summed E-state index contributed by atoms with van der Waals surface area (Å²) in [4.78, 5) is 15.6. The van der Waals surface area contributed by atoms with Crippen LogP contribution in [0.2, 0.25) is 0 Å². The van der Waals surface area contributed by atoms with Gasteiger partial charge in [0.2, 0.25) is 0 Å². The Morgan fingerprint density at radius 1 is 1.26 bits per heavy atom. The second kappa shape index (κ2) is 9.64. The molecule has 0 saturated heterocycles. The minimum atomic E-state index is -0.386. The lowest BCUT2D eigenvalue weighted by Crippen LogP contribution is -2.32. The van der Waals surface area contributed by atoms with Crippen LogP contribution >= 0.6 is 0 Å². The van der Waals surface area contributed by atoms with Crippen LogP contribution in [-0.2, 0) is 9.53 Å². The van der Waals surface area contributed by atoms with E-state index in [1.807, 2.05) is 20.8 Å². The number of nitrogens with zero attached hydrogens (tertiary/aromatic N) is 1. The topological polar surface area (TPSA) is 76.7 Å². The van der Waals surface area contributed by atoms with Gasteiger partial charge in [0.05, 0.1) is 0 Å². The molecule has 0 atom stereocenters. The maximum absolute atomic E-state index is 11.4. The number of aliphatic imine (C=N–C) groups is 1. The quantitative estimate of drug-likeness (QED) is 0.307. The van der Waals surface area contributed by atoms with Crippen molar-refractivity contribution in [1.82, 2.24) is 5.32 Å². The highest BCUT2D eigenvalue weighted by molar-refractivity contribution is 5.77. The van der Waals surface area contributed by atoms with Crippen molar-refractivity contribution >= 4 is 11.9 Å². The number of nitrogens with one attached hydrogen (secondary N) is 1. The minimum absolute atomic E-state index is 0.121. The normalized spacial score (nSPS) is 12.3. The smallest absolute Gasteiger partial charge is 0.306 e. The molecule has 5 nitrogen and oxygen atoms in total.